The monoisotopic (exact) mass is 266 g/mol. The molecule has 4 heteroatoms. The third-order valence-corrected chi connectivity index (χ3v) is 3.81. The number of halogens is 1. The zero-order chi connectivity index (χ0) is 13.9. The minimum absolute atomic E-state index is 0.236. The van der Waals surface area contributed by atoms with Gasteiger partial charge in [0.1, 0.15) is 5.82 Å². The van der Waals surface area contributed by atoms with E-state index in [1.807, 2.05) is 13.0 Å². The van der Waals surface area contributed by atoms with E-state index >= 15 is 0 Å². The topological polar surface area (TPSA) is 49.5 Å². The van der Waals surface area contributed by atoms with Crippen LogP contribution >= 0.6 is 0 Å². The van der Waals surface area contributed by atoms with Gasteiger partial charge in [-0.05, 0) is 38.8 Å². The highest BCUT2D eigenvalue weighted by atomic mass is 19.1. The fourth-order valence-electron chi connectivity index (χ4n) is 2.77. The van der Waals surface area contributed by atoms with Crippen LogP contribution < -0.4 is 5.73 Å². The van der Waals surface area contributed by atoms with Crippen molar-refractivity contribution in [2.24, 2.45) is 5.73 Å². The Kier molecular flexibility index (Phi) is 4.55. The largest absolute Gasteiger partial charge is 0.389 e. The van der Waals surface area contributed by atoms with E-state index in [0.717, 1.165) is 25.9 Å². The molecule has 2 rings (SSSR count). The first kappa shape index (κ1) is 14.4. The smallest absolute Gasteiger partial charge is 0.127 e. The number of benzene rings is 1. The van der Waals surface area contributed by atoms with Gasteiger partial charge < -0.3 is 15.7 Å². The molecule has 0 aliphatic carbocycles. The second kappa shape index (κ2) is 5.99. The van der Waals surface area contributed by atoms with Crippen molar-refractivity contribution < 1.29 is 9.50 Å². The maximum absolute atomic E-state index is 13.6. The zero-order valence-electron chi connectivity index (χ0n) is 11.5. The highest BCUT2D eigenvalue weighted by molar-refractivity contribution is 5.20. The van der Waals surface area contributed by atoms with Crippen LogP contribution in [0.3, 0.4) is 0 Å². The summed E-state index contributed by atoms with van der Waals surface area (Å²) in [5.74, 6) is -0.236. The van der Waals surface area contributed by atoms with Gasteiger partial charge in [-0.1, -0.05) is 18.2 Å². The number of rotatable bonds is 4. The molecule has 1 aliphatic rings. The zero-order valence-corrected chi connectivity index (χ0v) is 11.5. The van der Waals surface area contributed by atoms with E-state index in [1.54, 1.807) is 12.1 Å². The van der Waals surface area contributed by atoms with Crippen molar-refractivity contribution in [2.45, 2.75) is 37.8 Å². The Labute approximate surface area is 114 Å². The molecule has 1 fully saturated rings. The summed E-state index contributed by atoms with van der Waals surface area (Å²) in [6.45, 7) is 4.33. The van der Waals surface area contributed by atoms with Crippen molar-refractivity contribution in [1.29, 1.82) is 0 Å². The Morgan fingerprint density at radius 2 is 2.21 bits per heavy atom. The van der Waals surface area contributed by atoms with Gasteiger partial charge in [0, 0.05) is 24.7 Å². The van der Waals surface area contributed by atoms with Crippen molar-refractivity contribution in [2.75, 3.05) is 19.6 Å². The first-order valence-corrected chi connectivity index (χ1v) is 6.93. The molecule has 0 spiro atoms. The number of piperidine rings is 1. The van der Waals surface area contributed by atoms with Crippen LogP contribution in [0.5, 0.6) is 0 Å². The highest BCUT2D eigenvalue weighted by Gasteiger charge is 2.28. The lowest BCUT2D eigenvalue weighted by atomic mass is 9.94. The predicted octanol–water partition coefficient (Wildman–Crippen LogP) is 2.06. The minimum Gasteiger partial charge on any atom is -0.389 e. The van der Waals surface area contributed by atoms with Crippen molar-refractivity contribution in [3.63, 3.8) is 0 Å². The average Bonchev–Trinajstić information content (AvgIpc) is 2.35. The second-order valence-electron chi connectivity index (χ2n) is 5.79. The van der Waals surface area contributed by atoms with Crippen LogP contribution in [0.2, 0.25) is 0 Å². The molecule has 0 radical (unpaired) electrons. The summed E-state index contributed by atoms with van der Waals surface area (Å²) in [6.07, 6.45) is 2.56. The Balaban J connectivity index is 1.87. The van der Waals surface area contributed by atoms with Gasteiger partial charge in [0.05, 0.1) is 5.60 Å². The number of hydrogen-bond donors (Lipinski definition) is 2. The number of nitrogens with two attached hydrogens (primary N) is 1. The minimum atomic E-state index is -0.597. The molecule has 0 saturated carbocycles. The lowest BCUT2D eigenvalue weighted by molar-refractivity contribution is -0.0161. The summed E-state index contributed by atoms with van der Waals surface area (Å²) in [5.41, 5.74) is 6.03. The van der Waals surface area contributed by atoms with Crippen LogP contribution in [0.4, 0.5) is 4.39 Å². The molecule has 2 unspecified atom stereocenters. The van der Waals surface area contributed by atoms with Crippen molar-refractivity contribution in [3.05, 3.63) is 35.6 Å². The lowest BCUT2D eigenvalue weighted by Gasteiger charge is -2.37. The van der Waals surface area contributed by atoms with Crippen molar-refractivity contribution in [3.8, 4) is 0 Å². The maximum atomic E-state index is 13.6. The first-order valence-electron chi connectivity index (χ1n) is 6.93. The van der Waals surface area contributed by atoms with E-state index in [-0.39, 0.29) is 11.9 Å². The Morgan fingerprint density at radius 1 is 1.47 bits per heavy atom. The molecule has 106 valence electrons. The van der Waals surface area contributed by atoms with E-state index in [9.17, 15) is 9.50 Å². The maximum Gasteiger partial charge on any atom is 0.127 e. The van der Waals surface area contributed by atoms with Crippen molar-refractivity contribution in [1.82, 2.24) is 4.90 Å². The van der Waals surface area contributed by atoms with Crippen LogP contribution in [0.15, 0.2) is 24.3 Å². The summed E-state index contributed by atoms with van der Waals surface area (Å²) in [5, 5.41) is 10.0. The van der Waals surface area contributed by atoms with E-state index in [0.29, 0.717) is 18.5 Å². The molecule has 0 aromatic heterocycles. The van der Waals surface area contributed by atoms with Crippen LogP contribution in [-0.4, -0.2) is 35.2 Å². The Hall–Kier alpha value is -0.970. The molecular weight excluding hydrogens is 243 g/mol. The van der Waals surface area contributed by atoms with E-state index in [4.69, 9.17) is 5.73 Å². The fraction of sp³-hybridized carbons (Fsp3) is 0.600. The van der Waals surface area contributed by atoms with Crippen LogP contribution in [0.1, 0.15) is 37.8 Å². The molecular formula is C15H23FN2O. The summed E-state index contributed by atoms with van der Waals surface area (Å²) in [4.78, 5) is 2.21. The third-order valence-electron chi connectivity index (χ3n) is 3.81. The molecule has 1 aromatic carbocycles. The summed E-state index contributed by atoms with van der Waals surface area (Å²) in [6, 6.07) is 6.39. The van der Waals surface area contributed by atoms with Gasteiger partial charge in [0.25, 0.3) is 0 Å². The third kappa shape index (κ3) is 4.00. The number of likely N-dealkylation sites (tertiary alicyclic amines) is 1. The molecule has 19 heavy (non-hydrogen) atoms. The van der Waals surface area contributed by atoms with Gasteiger partial charge in [-0.15, -0.1) is 0 Å². The van der Waals surface area contributed by atoms with E-state index < -0.39 is 5.60 Å². The van der Waals surface area contributed by atoms with Gasteiger partial charge in [-0.2, -0.15) is 0 Å². The summed E-state index contributed by atoms with van der Waals surface area (Å²) in [7, 11) is 0. The van der Waals surface area contributed by atoms with Gasteiger partial charge >= 0.3 is 0 Å². The predicted molar refractivity (Wildman–Crippen MR) is 74.2 cm³/mol. The standard InChI is InChI=1S/C15H23FN2O/c1-15(19)8-4-9-18(11-15)10-7-14(17)12-5-2-3-6-13(12)16/h2-3,5-6,14,19H,4,7-11,17H2,1H3. The van der Waals surface area contributed by atoms with E-state index in [1.165, 1.54) is 6.07 Å². The first-order chi connectivity index (χ1) is 8.98. The lowest BCUT2D eigenvalue weighted by Crippen LogP contribution is -2.46. The molecule has 1 saturated heterocycles. The second-order valence-corrected chi connectivity index (χ2v) is 5.79. The molecule has 0 bridgehead atoms. The van der Waals surface area contributed by atoms with Crippen LogP contribution in [0, 0.1) is 5.82 Å². The van der Waals surface area contributed by atoms with Crippen LogP contribution in [0.25, 0.3) is 0 Å². The number of nitrogens with zero attached hydrogens (tertiary/aromatic N) is 1. The SMILES string of the molecule is CC1(O)CCCN(CCC(N)c2ccccc2F)C1. The quantitative estimate of drug-likeness (QED) is 0.877. The van der Waals surface area contributed by atoms with Crippen molar-refractivity contribution >= 4 is 0 Å². The van der Waals surface area contributed by atoms with Gasteiger partial charge in [0.15, 0.2) is 0 Å². The normalized spacial score (nSPS) is 26.3. The molecule has 1 aromatic rings. The molecule has 0 amide bonds. The van der Waals surface area contributed by atoms with Gasteiger partial charge in [0.2, 0.25) is 0 Å². The number of β-amino-alcohol motifs (C(OH)–C–C–N with tert-alkyl or cyclic N) is 1. The number of aliphatic hydroxyl groups is 1. The average molecular weight is 266 g/mol. The van der Waals surface area contributed by atoms with Gasteiger partial charge in [-0.3, -0.25) is 0 Å². The molecule has 3 nitrogen and oxygen atoms in total. The van der Waals surface area contributed by atoms with Gasteiger partial charge in [-0.25, -0.2) is 4.39 Å². The van der Waals surface area contributed by atoms with E-state index in [2.05, 4.69) is 4.90 Å². The fourth-order valence-corrected chi connectivity index (χ4v) is 2.77. The molecule has 2 atom stereocenters. The van der Waals surface area contributed by atoms with Crippen LogP contribution in [-0.2, 0) is 0 Å². The Bertz CT molecular complexity index is 422. The molecule has 3 N–H and O–H groups in total. The Morgan fingerprint density at radius 3 is 2.89 bits per heavy atom. The molecule has 1 heterocycles. The molecule has 1 aliphatic heterocycles. The summed E-state index contributed by atoms with van der Waals surface area (Å²) < 4.78 is 13.6. The summed E-state index contributed by atoms with van der Waals surface area (Å²) >= 11 is 0. The number of hydrogen-bond acceptors (Lipinski definition) is 3. The highest BCUT2D eigenvalue weighted by Crippen LogP contribution is 2.22.